The number of ether oxygens (including phenoxy) is 2. The molecule has 0 bridgehead atoms. The van der Waals surface area contributed by atoms with Crippen molar-refractivity contribution in [1.82, 2.24) is 20.0 Å². The normalized spacial score (nSPS) is 10.0. The predicted molar refractivity (Wildman–Crippen MR) is 98.6 cm³/mol. The van der Waals surface area contributed by atoms with Gasteiger partial charge >= 0.3 is 11.9 Å². The minimum Gasteiger partial charge on any atom is -0.469 e. The van der Waals surface area contributed by atoms with E-state index in [0.29, 0.717) is 11.4 Å². The maximum atomic E-state index is 13.0. The molecule has 0 radical (unpaired) electrons. The number of nitrogens with one attached hydrogen (secondary N) is 1. The van der Waals surface area contributed by atoms with Gasteiger partial charge in [-0.05, 0) is 30.3 Å². The highest BCUT2D eigenvalue weighted by Gasteiger charge is 2.08. The number of aromatic nitrogens is 4. The zero-order valence-corrected chi connectivity index (χ0v) is 15.9. The molecule has 8 nitrogen and oxygen atoms in total. The third-order valence-electron chi connectivity index (χ3n) is 3.49. The van der Waals surface area contributed by atoms with Crippen LogP contribution >= 0.6 is 11.6 Å². The van der Waals surface area contributed by atoms with Gasteiger partial charge < -0.3 is 9.47 Å². The van der Waals surface area contributed by atoms with Crippen LogP contribution in [0.5, 0.6) is 0 Å². The molecular formula is C18H18ClFN4O4. The quantitative estimate of drug-likeness (QED) is 0.651. The van der Waals surface area contributed by atoms with Gasteiger partial charge in [-0.1, -0.05) is 11.6 Å². The molecule has 148 valence electrons. The summed E-state index contributed by atoms with van der Waals surface area (Å²) in [7, 11) is 2.68. The van der Waals surface area contributed by atoms with Crippen LogP contribution in [0.4, 0.5) is 4.39 Å². The number of nitrogens with zero attached hydrogens (tertiary/aromatic N) is 3. The molecular weight excluding hydrogens is 391 g/mol. The first-order chi connectivity index (χ1) is 13.4. The lowest BCUT2D eigenvalue weighted by Crippen LogP contribution is -2.05. The number of carbonyl (C=O) groups is 2. The molecule has 0 aliphatic carbocycles. The Kier molecular flexibility index (Phi) is 7.70. The average molecular weight is 409 g/mol. The Morgan fingerprint density at radius 1 is 1.14 bits per heavy atom. The van der Waals surface area contributed by atoms with Crippen molar-refractivity contribution in [3.63, 3.8) is 0 Å². The van der Waals surface area contributed by atoms with E-state index in [2.05, 4.69) is 24.8 Å². The first-order valence-corrected chi connectivity index (χ1v) is 8.42. The van der Waals surface area contributed by atoms with Crippen LogP contribution in [-0.4, -0.2) is 46.1 Å². The zero-order chi connectivity index (χ0) is 20.5. The molecule has 0 unspecified atom stereocenters. The van der Waals surface area contributed by atoms with Crippen LogP contribution in [0.3, 0.4) is 0 Å². The van der Waals surface area contributed by atoms with Crippen molar-refractivity contribution in [2.45, 2.75) is 12.8 Å². The second-order valence-corrected chi connectivity index (χ2v) is 5.84. The summed E-state index contributed by atoms with van der Waals surface area (Å²) in [6.45, 7) is 0. The molecule has 0 saturated heterocycles. The summed E-state index contributed by atoms with van der Waals surface area (Å²) >= 11 is 5.69. The summed E-state index contributed by atoms with van der Waals surface area (Å²) in [5, 5.41) is 10.5. The summed E-state index contributed by atoms with van der Waals surface area (Å²) in [5.74, 6) is -1.11. The monoisotopic (exact) mass is 408 g/mol. The van der Waals surface area contributed by atoms with E-state index in [0.717, 1.165) is 5.69 Å². The van der Waals surface area contributed by atoms with Crippen molar-refractivity contribution in [3.05, 3.63) is 65.0 Å². The number of aromatic amines is 1. The highest BCUT2D eigenvalue weighted by Crippen LogP contribution is 2.18. The van der Waals surface area contributed by atoms with E-state index in [4.69, 9.17) is 11.6 Å². The van der Waals surface area contributed by atoms with Gasteiger partial charge in [0.15, 0.2) is 0 Å². The smallest absolute Gasteiger partial charge is 0.311 e. The molecule has 2 aromatic heterocycles. The van der Waals surface area contributed by atoms with Crippen LogP contribution in [-0.2, 0) is 31.9 Å². The Morgan fingerprint density at radius 2 is 1.86 bits per heavy atom. The maximum absolute atomic E-state index is 13.0. The molecule has 0 amide bonds. The third kappa shape index (κ3) is 6.20. The van der Waals surface area contributed by atoms with E-state index in [9.17, 15) is 14.0 Å². The fraction of sp³-hybridized carbons (Fsp3) is 0.222. The lowest BCUT2D eigenvalue weighted by atomic mass is 10.3. The SMILES string of the molecule is COC(=O)Cc1ccn(-c2ccc(F)c(Cl)c2)n1.COC(=O)Cc1ccn[nH]1. The van der Waals surface area contributed by atoms with Gasteiger partial charge in [-0.3, -0.25) is 14.7 Å². The van der Waals surface area contributed by atoms with Crippen LogP contribution in [0.25, 0.3) is 5.69 Å². The Morgan fingerprint density at radius 3 is 2.46 bits per heavy atom. The van der Waals surface area contributed by atoms with E-state index in [1.165, 1.54) is 31.0 Å². The molecule has 0 spiro atoms. The van der Waals surface area contributed by atoms with Gasteiger partial charge in [0, 0.05) is 18.1 Å². The molecule has 0 aliphatic rings. The van der Waals surface area contributed by atoms with Crippen LogP contribution in [0.2, 0.25) is 5.02 Å². The van der Waals surface area contributed by atoms with Gasteiger partial charge in [-0.25, -0.2) is 9.07 Å². The average Bonchev–Trinajstić information content (AvgIpc) is 3.36. The molecule has 10 heteroatoms. The van der Waals surface area contributed by atoms with Gasteiger partial charge in [0.2, 0.25) is 0 Å². The lowest BCUT2D eigenvalue weighted by molar-refractivity contribution is -0.140. The number of hydrogen-bond donors (Lipinski definition) is 1. The molecule has 2 heterocycles. The molecule has 0 aliphatic heterocycles. The Balaban J connectivity index is 0.000000237. The van der Waals surface area contributed by atoms with Crippen molar-refractivity contribution in [2.75, 3.05) is 14.2 Å². The number of benzene rings is 1. The molecule has 0 atom stereocenters. The highest BCUT2D eigenvalue weighted by molar-refractivity contribution is 6.30. The van der Waals surface area contributed by atoms with Gasteiger partial charge in [0.25, 0.3) is 0 Å². The standard InChI is InChI=1S/C12H10ClFN2O2.C6H8N2O2/c1-18-12(17)6-8-4-5-16(15-8)9-2-3-11(14)10(13)7-9;1-10-6(9)4-5-2-3-7-8-5/h2-5,7H,6H2,1H3;2-3H,4H2,1H3,(H,7,8). The number of carbonyl (C=O) groups excluding carboxylic acids is 2. The number of halogens is 2. The summed E-state index contributed by atoms with van der Waals surface area (Å²) in [4.78, 5) is 21.7. The molecule has 3 aromatic rings. The van der Waals surface area contributed by atoms with Gasteiger partial charge in [-0.15, -0.1) is 0 Å². The van der Waals surface area contributed by atoms with Gasteiger partial charge in [-0.2, -0.15) is 10.2 Å². The van der Waals surface area contributed by atoms with E-state index in [1.807, 2.05) is 0 Å². The predicted octanol–water partition coefficient (Wildman–Crippen LogP) is 2.51. The maximum Gasteiger partial charge on any atom is 0.311 e. The molecule has 0 saturated carbocycles. The number of esters is 2. The van der Waals surface area contributed by atoms with Crippen molar-refractivity contribution in [3.8, 4) is 5.69 Å². The number of H-pyrrole nitrogens is 1. The lowest BCUT2D eigenvalue weighted by Gasteiger charge is -2.02. The summed E-state index contributed by atoms with van der Waals surface area (Å²) in [5.41, 5.74) is 1.96. The fourth-order valence-corrected chi connectivity index (χ4v) is 2.23. The van der Waals surface area contributed by atoms with Crippen LogP contribution in [0, 0.1) is 5.82 Å². The highest BCUT2D eigenvalue weighted by atomic mass is 35.5. The Bertz CT molecular complexity index is 928. The molecule has 28 heavy (non-hydrogen) atoms. The molecule has 1 N–H and O–H groups in total. The fourth-order valence-electron chi connectivity index (χ4n) is 2.06. The van der Waals surface area contributed by atoms with Crippen molar-refractivity contribution < 1.29 is 23.5 Å². The largest absolute Gasteiger partial charge is 0.469 e. The van der Waals surface area contributed by atoms with E-state index in [1.54, 1.807) is 30.6 Å². The minimum atomic E-state index is -0.484. The number of rotatable bonds is 5. The van der Waals surface area contributed by atoms with E-state index >= 15 is 0 Å². The second kappa shape index (κ2) is 10.2. The van der Waals surface area contributed by atoms with Crippen molar-refractivity contribution in [2.24, 2.45) is 0 Å². The first-order valence-electron chi connectivity index (χ1n) is 8.04. The van der Waals surface area contributed by atoms with Crippen molar-refractivity contribution >= 4 is 23.5 Å². The Labute approximate surface area is 165 Å². The molecule has 0 fully saturated rings. The zero-order valence-electron chi connectivity index (χ0n) is 15.2. The first kappa shape index (κ1) is 21.1. The van der Waals surface area contributed by atoms with Gasteiger partial charge in [0.05, 0.1) is 43.5 Å². The number of methoxy groups -OCH3 is 2. The minimum absolute atomic E-state index is 0.0255. The molecule has 3 rings (SSSR count). The van der Waals surface area contributed by atoms with Crippen LogP contribution in [0.15, 0.2) is 42.7 Å². The summed E-state index contributed by atoms with van der Waals surface area (Å²) in [6.07, 6.45) is 3.62. The number of hydrogen-bond acceptors (Lipinski definition) is 6. The van der Waals surface area contributed by atoms with Crippen LogP contribution in [0.1, 0.15) is 11.4 Å². The van der Waals surface area contributed by atoms with E-state index < -0.39 is 5.82 Å². The van der Waals surface area contributed by atoms with Crippen molar-refractivity contribution in [1.29, 1.82) is 0 Å². The third-order valence-corrected chi connectivity index (χ3v) is 3.78. The van der Waals surface area contributed by atoms with Crippen LogP contribution < -0.4 is 0 Å². The van der Waals surface area contributed by atoms with Gasteiger partial charge in [0.1, 0.15) is 5.82 Å². The summed E-state index contributed by atoms with van der Waals surface area (Å²) in [6, 6.07) is 7.70. The van der Waals surface area contributed by atoms with E-state index in [-0.39, 0.29) is 29.8 Å². The summed E-state index contributed by atoms with van der Waals surface area (Å²) < 4.78 is 23.5. The topological polar surface area (TPSA) is 99.1 Å². The molecule has 1 aromatic carbocycles. The Hall–Kier alpha value is -3.20. The second-order valence-electron chi connectivity index (χ2n) is 5.44.